The third-order valence-corrected chi connectivity index (χ3v) is 5.94. The lowest BCUT2D eigenvalue weighted by molar-refractivity contribution is -0.138. The van der Waals surface area contributed by atoms with Gasteiger partial charge in [-0.3, -0.25) is 4.55 Å². The SMILES string of the molecule is CCOC(CCN1c2ccc(S(=O)(=O)O)cc2C(C)(C)C1C)OCC. The van der Waals surface area contributed by atoms with Gasteiger partial charge in [0.2, 0.25) is 0 Å². The van der Waals surface area contributed by atoms with E-state index >= 15 is 0 Å². The summed E-state index contributed by atoms with van der Waals surface area (Å²) in [5, 5.41) is 0. The second-order valence-corrected chi connectivity index (χ2v) is 8.30. The van der Waals surface area contributed by atoms with Gasteiger partial charge in [-0.25, -0.2) is 0 Å². The summed E-state index contributed by atoms with van der Waals surface area (Å²) in [5.74, 6) is 0. The van der Waals surface area contributed by atoms with Gasteiger partial charge in [-0.05, 0) is 44.5 Å². The predicted molar refractivity (Wildman–Crippen MR) is 97.7 cm³/mol. The molecule has 1 aliphatic heterocycles. The molecule has 1 atom stereocenters. The molecule has 1 aromatic carbocycles. The second-order valence-electron chi connectivity index (χ2n) is 6.87. The molecule has 7 heteroatoms. The first-order valence-electron chi connectivity index (χ1n) is 8.74. The van der Waals surface area contributed by atoms with Crippen molar-refractivity contribution in [2.24, 2.45) is 0 Å². The predicted octanol–water partition coefficient (Wildman–Crippen LogP) is 3.21. The van der Waals surface area contributed by atoms with Crippen LogP contribution in [0, 0.1) is 0 Å². The lowest BCUT2D eigenvalue weighted by Crippen LogP contribution is -2.40. The summed E-state index contributed by atoms with van der Waals surface area (Å²) in [6.07, 6.45) is 0.480. The van der Waals surface area contributed by atoms with Crippen molar-refractivity contribution in [2.45, 2.75) is 63.7 Å². The summed E-state index contributed by atoms with van der Waals surface area (Å²) in [7, 11) is -4.21. The van der Waals surface area contributed by atoms with Gasteiger partial charge < -0.3 is 14.4 Å². The molecular weight excluding hydrogens is 342 g/mol. The largest absolute Gasteiger partial charge is 0.368 e. The molecular formula is C18H29NO5S. The van der Waals surface area contributed by atoms with E-state index in [0.29, 0.717) is 13.2 Å². The summed E-state index contributed by atoms with van der Waals surface area (Å²) < 4.78 is 43.5. The molecule has 1 unspecified atom stereocenters. The van der Waals surface area contributed by atoms with Crippen LogP contribution < -0.4 is 4.90 Å². The van der Waals surface area contributed by atoms with Gasteiger partial charge in [-0.15, -0.1) is 0 Å². The van der Waals surface area contributed by atoms with E-state index in [0.717, 1.165) is 24.2 Å². The minimum Gasteiger partial charge on any atom is -0.368 e. The van der Waals surface area contributed by atoms with Gasteiger partial charge in [0.05, 0.1) is 4.90 Å². The molecule has 1 N–H and O–H groups in total. The zero-order valence-corrected chi connectivity index (χ0v) is 16.5. The van der Waals surface area contributed by atoms with Crippen molar-refractivity contribution in [3.8, 4) is 0 Å². The van der Waals surface area contributed by atoms with Crippen LogP contribution in [-0.2, 0) is 25.0 Å². The van der Waals surface area contributed by atoms with Gasteiger partial charge in [0, 0.05) is 43.3 Å². The molecule has 0 amide bonds. The summed E-state index contributed by atoms with van der Waals surface area (Å²) in [4.78, 5) is 2.20. The first kappa shape index (κ1) is 20.2. The minimum atomic E-state index is -4.21. The summed E-state index contributed by atoms with van der Waals surface area (Å²) >= 11 is 0. The van der Waals surface area contributed by atoms with E-state index in [2.05, 4.69) is 25.7 Å². The Bertz CT molecular complexity index is 695. The molecule has 0 saturated carbocycles. The molecule has 1 aliphatic rings. The average molecular weight is 371 g/mol. The van der Waals surface area contributed by atoms with Crippen molar-refractivity contribution in [3.63, 3.8) is 0 Å². The molecule has 142 valence electrons. The van der Waals surface area contributed by atoms with E-state index in [4.69, 9.17) is 9.47 Å². The van der Waals surface area contributed by atoms with Crippen molar-refractivity contribution < 1.29 is 22.4 Å². The molecule has 0 saturated heterocycles. The molecule has 6 nitrogen and oxygen atoms in total. The number of fused-ring (bicyclic) bond motifs is 1. The van der Waals surface area contributed by atoms with Gasteiger partial charge in [0.1, 0.15) is 0 Å². The first-order valence-corrected chi connectivity index (χ1v) is 10.2. The maximum absolute atomic E-state index is 11.5. The van der Waals surface area contributed by atoms with Crippen LogP contribution in [0.15, 0.2) is 23.1 Å². The number of hydrogen-bond acceptors (Lipinski definition) is 5. The van der Waals surface area contributed by atoms with Crippen LogP contribution in [0.2, 0.25) is 0 Å². The normalized spacial score (nSPS) is 19.5. The Kier molecular flexibility index (Phi) is 6.14. The fourth-order valence-corrected chi connectivity index (χ4v) is 3.92. The Morgan fingerprint density at radius 3 is 2.36 bits per heavy atom. The Morgan fingerprint density at radius 2 is 1.84 bits per heavy atom. The molecule has 0 aromatic heterocycles. The maximum Gasteiger partial charge on any atom is 0.294 e. The first-order chi connectivity index (χ1) is 11.6. The van der Waals surface area contributed by atoms with Gasteiger partial charge in [-0.1, -0.05) is 13.8 Å². The van der Waals surface area contributed by atoms with Gasteiger partial charge in [0.25, 0.3) is 10.1 Å². The molecule has 0 radical (unpaired) electrons. The Balaban J connectivity index is 2.28. The van der Waals surface area contributed by atoms with E-state index < -0.39 is 10.1 Å². The van der Waals surface area contributed by atoms with Crippen LogP contribution in [0.1, 0.15) is 46.6 Å². The highest BCUT2D eigenvalue weighted by molar-refractivity contribution is 7.85. The second kappa shape index (κ2) is 7.61. The van der Waals surface area contributed by atoms with Crippen molar-refractivity contribution in [1.29, 1.82) is 0 Å². The number of nitrogens with zero attached hydrogens (tertiary/aromatic N) is 1. The average Bonchev–Trinajstić information content (AvgIpc) is 2.72. The topological polar surface area (TPSA) is 76.1 Å². The highest BCUT2D eigenvalue weighted by Gasteiger charge is 2.42. The van der Waals surface area contributed by atoms with Crippen molar-refractivity contribution in [1.82, 2.24) is 0 Å². The van der Waals surface area contributed by atoms with Crippen molar-refractivity contribution in [3.05, 3.63) is 23.8 Å². The lowest BCUT2D eigenvalue weighted by Gasteiger charge is -2.32. The highest BCUT2D eigenvalue weighted by atomic mass is 32.2. The Morgan fingerprint density at radius 1 is 1.24 bits per heavy atom. The van der Waals surface area contributed by atoms with Crippen molar-refractivity contribution >= 4 is 15.8 Å². The minimum absolute atomic E-state index is 0.0603. The fraction of sp³-hybridized carbons (Fsp3) is 0.667. The summed E-state index contributed by atoms with van der Waals surface area (Å²) in [6.45, 7) is 12.1. The van der Waals surface area contributed by atoms with Crippen LogP contribution in [0.25, 0.3) is 0 Å². The monoisotopic (exact) mass is 371 g/mol. The van der Waals surface area contributed by atoms with E-state index in [1.165, 1.54) is 6.07 Å². The standard InChI is InChI=1S/C18H29NO5S/c1-6-23-17(24-7-2)10-11-19-13(3)18(4,5)15-12-14(25(20,21)22)8-9-16(15)19/h8-9,12-13,17H,6-7,10-11H2,1-5H3,(H,20,21,22). The quantitative estimate of drug-likeness (QED) is 0.559. The molecule has 2 rings (SSSR count). The molecule has 0 spiro atoms. The summed E-state index contributed by atoms with van der Waals surface area (Å²) in [5.41, 5.74) is 1.69. The third-order valence-electron chi connectivity index (χ3n) is 5.09. The maximum atomic E-state index is 11.5. The zero-order chi connectivity index (χ0) is 18.8. The molecule has 0 aliphatic carbocycles. The highest BCUT2D eigenvalue weighted by Crippen LogP contribution is 2.45. The van der Waals surface area contributed by atoms with Gasteiger partial charge >= 0.3 is 0 Å². The molecule has 0 fully saturated rings. The van der Waals surface area contributed by atoms with Gasteiger partial charge in [-0.2, -0.15) is 8.42 Å². The van der Waals surface area contributed by atoms with E-state index in [1.807, 2.05) is 13.8 Å². The van der Waals surface area contributed by atoms with Gasteiger partial charge in [0.15, 0.2) is 6.29 Å². The smallest absolute Gasteiger partial charge is 0.294 e. The van der Waals surface area contributed by atoms with E-state index in [9.17, 15) is 13.0 Å². The summed E-state index contributed by atoms with van der Waals surface area (Å²) in [6, 6.07) is 5.00. The number of ether oxygens (including phenoxy) is 2. The van der Waals surface area contributed by atoms with Crippen LogP contribution in [0.5, 0.6) is 0 Å². The van der Waals surface area contributed by atoms with Crippen molar-refractivity contribution in [2.75, 3.05) is 24.7 Å². The lowest BCUT2D eigenvalue weighted by atomic mass is 9.81. The fourth-order valence-electron chi connectivity index (χ4n) is 3.41. The van der Waals surface area contributed by atoms with E-state index in [-0.39, 0.29) is 22.6 Å². The molecule has 25 heavy (non-hydrogen) atoms. The van der Waals surface area contributed by atoms with Crippen LogP contribution in [0.4, 0.5) is 5.69 Å². The zero-order valence-electron chi connectivity index (χ0n) is 15.7. The number of benzene rings is 1. The van der Waals surface area contributed by atoms with Crippen LogP contribution in [-0.4, -0.2) is 45.1 Å². The third kappa shape index (κ3) is 4.16. The Hall–Kier alpha value is -1.15. The van der Waals surface area contributed by atoms with Crippen LogP contribution >= 0.6 is 0 Å². The number of hydrogen-bond donors (Lipinski definition) is 1. The Labute approximate surface area is 150 Å². The molecule has 1 aromatic rings. The number of anilines is 1. The van der Waals surface area contributed by atoms with Crippen LogP contribution in [0.3, 0.4) is 0 Å². The number of rotatable bonds is 8. The van der Waals surface area contributed by atoms with E-state index in [1.54, 1.807) is 12.1 Å². The molecule has 0 bridgehead atoms. The molecule has 1 heterocycles.